The SMILES string of the molecule is CCN(N=Cc1ccc2ccc3cccc4ccc1c2c34)c1ccc(B2CC2)cc1. The zero-order valence-corrected chi connectivity index (χ0v) is 17.2. The van der Waals surface area contributed by atoms with Crippen molar-refractivity contribution in [3.8, 4) is 0 Å². The molecule has 1 aliphatic rings. The van der Waals surface area contributed by atoms with Crippen molar-refractivity contribution in [2.24, 2.45) is 5.10 Å². The number of rotatable bonds is 5. The molecule has 0 aliphatic carbocycles. The molecule has 144 valence electrons. The van der Waals surface area contributed by atoms with Gasteiger partial charge in [-0.1, -0.05) is 84.8 Å². The number of hydrogen-bond acceptors (Lipinski definition) is 2. The minimum atomic E-state index is 0.787. The quantitative estimate of drug-likeness (QED) is 0.153. The third-order valence-corrected chi connectivity index (χ3v) is 6.44. The number of hydrogen-bond donors (Lipinski definition) is 0. The number of nitrogens with zero attached hydrogens (tertiary/aromatic N) is 2. The first-order valence-corrected chi connectivity index (χ1v) is 10.9. The van der Waals surface area contributed by atoms with Crippen LogP contribution in [0.25, 0.3) is 32.3 Å². The fourth-order valence-electron chi connectivity index (χ4n) is 4.67. The summed E-state index contributed by atoms with van der Waals surface area (Å²) < 4.78 is 0. The lowest BCUT2D eigenvalue weighted by molar-refractivity contribution is 0.898. The second kappa shape index (κ2) is 6.88. The largest absolute Gasteiger partial charge is 0.266 e. The summed E-state index contributed by atoms with van der Waals surface area (Å²) in [5.41, 5.74) is 3.77. The van der Waals surface area contributed by atoms with Gasteiger partial charge in [-0.05, 0) is 51.4 Å². The molecule has 2 nitrogen and oxygen atoms in total. The van der Waals surface area contributed by atoms with Crippen LogP contribution in [-0.2, 0) is 0 Å². The summed E-state index contributed by atoms with van der Waals surface area (Å²) in [6.45, 7) is 3.77. The van der Waals surface area contributed by atoms with E-state index in [2.05, 4.69) is 90.8 Å². The van der Waals surface area contributed by atoms with E-state index in [1.165, 1.54) is 50.4 Å². The normalized spacial score (nSPS) is 13.8. The molecule has 0 saturated carbocycles. The minimum Gasteiger partial charge on any atom is -0.266 e. The third kappa shape index (κ3) is 2.85. The Balaban J connectivity index is 1.41. The Morgan fingerprint density at radius 3 is 2.17 bits per heavy atom. The Hall–Kier alpha value is -3.33. The van der Waals surface area contributed by atoms with Crippen LogP contribution in [-0.4, -0.2) is 19.5 Å². The molecule has 1 saturated heterocycles. The second-order valence-corrected chi connectivity index (χ2v) is 8.34. The van der Waals surface area contributed by atoms with Gasteiger partial charge in [-0.3, -0.25) is 5.01 Å². The van der Waals surface area contributed by atoms with Gasteiger partial charge >= 0.3 is 0 Å². The average Bonchev–Trinajstić information content (AvgIpc) is 3.64. The maximum absolute atomic E-state index is 4.86. The molecule has 6 rings (SSSR count). The fraction of sp³-hybridized carbons (Fsp3) is 0.148. The van der Waals surface area contributed by atoms with Gasteiger partial charge in [0.2, 0.25) is 0 Å². The predicted octanol–water partition coefficient (Wildman–Crippen LogP) is 6.16. The Kier molecular flexibility index (Phi) is 4.02. The van der Waals surface area contributed by atoms with E-state index in [1.807, 2.05) is 6.21 Å². The summed E-state index contributed by atoms with van der Waals surface area (Å²) in [7, 11) is 0. The molecule has 1 aliphatic heterocycles. The van der Waals surface area contributed by atoms with Crippen molar-refractivity contribution in [3.05, 3.63) is 84.4 Å². The van der Waals surface area contributed by atoms with Crippen molar-refractivity contribution < 1.29 is 0 Å². The standard InChI is InChI=1S/C27H23BN2/c1-2-30(24-13-11-23(12-14-24)28-16-17-28)29-18-22-9-8-21-7-6-19-4-3-5-20-10-15-25(22)27(21)26(19)20/h3-15,18H,2,16-17H2,1H3. The lowest BCUT2D eigenvalue weighted by atomic mass is 9.64. The Bertz CT molecular complexity index is 1370. The molecular formula is C27H23BN2. The number of anilines is 1. The van der Waals surface area contributed by atoms with E-state index in [0.29, 0.717) is 0 Å². The molecule has 0 amide bonds. The maximum atomic E-state index is 4.86. The van der Waals surface area contributed by atoms with E-state index >= 15 is 0 Å². The first-order chi connectivity index (χ1) is 14.8. The lowest BCUT2D eigenvalue weighted by Crippen LogP contribution is -2.18. The highest BCUT2D eigenvalue weighted by Gasteiger charge is 2.27. The van der Waals surface area contributed by atoms with E-state index in [0.717, 1.165) is 24.5 Å². The molecule has 1 fully saturated rings. The van der Waals surface area contributed by atoms with Crippen LogP contribution in [0.2, 0.25) is 12.6 Å². The average molecular weight is 386 g/mol. The van der Waals surface area contributed by atoms with Crippen LogP contribution in [0, 0.1) is 0 Å². The molecule has 0 unspecified atom stereocenters. The van der Waals surface area contributed by atoms with Gasteiger partial charge in [-0.2, -0.15) is 5.10 Å². The monoisotopic (exact) mass is 386 g/mol. The summed E-state index contributed by atoms with van der Waals surface area (Å²) >= 11 is 0. The smallest absolute Gasteiger partial charge is 0.174 e. The van der Waals surface area contributed by atoms with Gasteiger partial charge in [0.05, 0.1) is 11.9 Å². The van der Waals surface area contributed by atoms with Crippen molar-refractivity contribution in [2.75, 3.05) is 11.6 Å². The fourth-order valence-corrected chi connectivity index (χ4v) is 4.67. The zero-order valence-electron chi connectivity index (χ0n) is 17.2. The van der Waals surface area contributed by atoms with Crippen molar-refractivity contribution >= 4 is 56.4 Å². The van der Waals surface area contributed by atoms with Crippen LogP contribution in [0.15, 0.2) is 84.0 Å². The van der Waals surface area contributed by atoms with Crippen LogP contribution in [0.5, 0.6) is 0 Å². The van der Waals surface area contributed by atoms with E-state index < -0.39 is 0 Å². The highest BCUT2D eigenvalue weighted by atomic mass is 15.4. The van der Waals surface area contributed by atoms with Gasteiger partial charge in [0.15, 0.2) is 6.71 Å². The molecule has 0 spiro atoms. The highest BCUT2D eigenvalue weighted by Crippen LogP contribution is 2.35. The van der Waals surface area contributed by atoms with E-state index in [1.54, 1.807) is 0 Å². The molecule has 0 atom stereocenters. The maximum Gasteiger partial charge on any atom is 0.174 e. The van der Waals surface area contributed by atoms with Crippen LogP contribution >= 0.6 is 0 Å². The van der Waals surface area contributed by atoms with Gasteiger partial charge in [-0.25, -0.2) is 0 Å². The molecule has 0 aromatic heterocycles. The van der Waals surface area contributed by atoms with E-state index in [-0.39, 0.29) is 0 Å². The van der Waals surface area contributed by atoms with Crippen LogP contribution in [0.1, 0.15) is 12.5 Å². The summed E-state index contributed by atoms with van der Waals surface area (Å²) in [6, 6.07) is 28.8. The van der Waals surface area contributed by atoms with Gasteiger partial charge in [0.1, 0.15) is 0 Å². The molecule has 30 heavy (non-hydrogen) atoms. The minimum absolute atomic E-state index is 0.787. The van der Waals surface area contributed by atoms with Crippen LogP contribution < -0.4 is 10.5 Å². The van der Waals surface area contributed by atoms with Crippen molar-refractivity contribution in [1.82, 2.24) is 0 Å². The number of hydrazone groups is 1. The molecular weight excluding hydrogens is 363 g/mol. The van der Waals surface area contributed by atoms with Gasteiger partial charge < -0.3 is 0 Å². The Morgan fingerprint density at radius 1 is 0.800 bits per heavy atom. The Morgan fingerprint density at radius 2 is 1.47 bits per heavy atom. The predicted molar refractivity (Wildman–Crippen MR) is 132 cm³/mol. The van der Waals surface area contributed by atoms with E-state index in [9.17, 15) is 0 Å². The molecule has 0 bridgehead atoms. The number of benzene rings is 5. The van der Waals surface area contributed by atoms with Crippen molar-refractivity contribution in [1.29, 1.82) is 0 Å². The van der Waals surface area contributed by atoms with Gasteiger partial charge in [0, 0.05) is 12.1 Å². The highest BCUT2D eigenvalue weighted by molar-refractivity contribution is 6.82. The summed E-state index contributed by atoms with van der Waals surface area (Å²) in [5.74, 6) is 0. The summed E-state index contributed by atoms with van der Waals surface area (Å²) in [4.78, 5) is 0. The van der Waals surface area contributed by atoms with Crippen molar-refractivity contribution in [2.45, 2.75) is 19.6 Å². The molecule has 0 N–H and O–H groups in total. The third-order valence-electron chi connectivity index (χ3n) is 6.44. The van der Waals surface area contributed by atoms with Crippen LogP contribution in [0.4, 0.5) is 5.69 Å². The first kappa shape index (κ1) is 17.5. The molecule has 3 heteroatoms. The van der Waals surface area contributed by atoms with Gasteiger partial charge in [0.25, 0.3) is 0 Å². The molecule has 1 heterocycles. The topological polar surface area (TPSA) is 15.6 Å². The van der Waals surface area contributed by atoms with E-state index in [4.69, 9.17) is 5.10 Å². The van der Waals surface area contributed by atoms with Crippen LogP contribution in [0.3, 0.4) is 0 Å². The van der Waals surface area contributed by atoms with Gasteiger partial charge in [-0.15, -0.1) is 0 Å². The molecule has 5 aromatic carbocycles. The summed E-state index contributed by atoms with van der Waals surface area (Å²) in [6.07, 6.45) is 4.69. The first-order valence-electron chi connectivity index (χ1n) is 10.9. The molecule has 5 aromatic rings. The van der Waals surface area contributed by atoms with Crippen molar-refractivity contribution in [3.63, 3.8) is 0 Å². The second-order valence-electron chi connectivity index (χ2n) is 8.34. The molecule has 0 radical (unpaired) electrons. The zero-order chi connectivity index (χ0) is 20.1. The lowest BCUT2D eigenvalue weighted by Gasteiger charge is -2.18. The summed E-state index contributed by atoms with van der Waals surface area (Å²) in [5, 5.41) is 14.8. The Labute approximate surface area is 177 Å².